The van der Waals surface area contributed by atoms with Crippen LogP contribution >= 0.6 is 0 Å². The van der Waals surface area contributed by atoms with E-state index in [0.29, 0.717) is 6.10 Å². The molecule has 3 heteroatoms. The van der Waals surface area contributed by atoms with E-state index >= 15 is 0 Å². The van der Waals surface area contributed by atoms with Gasteiger partial charge in [-0.3, -0.25) is 0 Å². The molecular weight excluding hydrogens is 236 g/mol. The molecule has 0 radical (unpaired) electrons. The largest absolute Gasteiger partial charge is 0.378 e. The fourth-order valence-corrected chi connectivity index (χ4v) is 3.65. The Morgan fingerprint density at radius 3 is 2.58 bits per heavy atom. The quantitative estimate of drug-likeness (QED) is 0.766. The number of ether oxygens (including phenoxy) is 1. The maximum absolute atomic E-state index is 5.73. The molecule has 0 amide bonds. The van der Waals surface area contributed by atoms with Crippen molar-refractivity contribution in [2.24, 2.45) is 5.92 Å². The molecule has 0 aromatic carbocycles. The summed E-state index contributed by atoms with van der Waals surface area (Å²) in [5.41, 5.74) is 0. The van der Waals surface area contributed by atoms with Gasteiger partial charge in [-0.2, -0.15) is 0 Å². The molecule has 19 heavy (non-hydrogen) atoms. The average Bonchev–Trinajstić information content (AvgIpc) is 3.16. The third kappa shape index (κ3) is 4.44. The van der Waals surface area contributed by atoms with Crippen molar-refractivity contribution in [1.29, 1.82) is 0 Å². The standard InChI is InChI=1S/C16H30N2O/c1(3-16-4-2-12-19-16)11-18(15-5-6-15)13-14-7-9-17-10-8-14/h14-17H,1-13H2. The summed E-state index contributed by atoms with van der Waals surface area (Å²) in [6.45, 7) is 6.15. The zero-order valence-electron chi connectivity index (χ0n) is 12.3. The van der Waals surface area contributed by atoms with Gasteiger partial charge in [-0.1, -0.05) is 0 Å². The number of hydrogen-bond donors (Lipinski definition) is 1. The predicted molar refractivity (Wildman–Crippen MR) is 78.4 cm³/mol. The second-order valence-corrected chi connectivity index (χ2v) is 6.70. The number of rotatable bonds is 7. The van der Waals surface area contributed by atoms with Crippen LogP contribution in [0.2, 0.25) is 0 Å². The van der Waals surface area contributed by atoms with E-state index in [2.05, 4.69) is 10.2 Å². The molecule has 1 saturated carbocycles. The van der Waals surface area contributed by atoms with Gasteiger partial charge in [-0.25, -0.2) is 0 Å². The van der Waals surface area contributed by atoms with Crippen LogP contribution in [-0.2, 0) is 4.74 Å². The Bertz CT molecular complexity index is 255. The third-order valence-electron chi connectivity index (χ3n) is 5.01. The molecule has 1 unspecified atom stereocenters. The SMILES string of the molecule is C1COC(CCCN(CC2CCNCC2)C2CC2)C1. The van der Waals surface area contributed by atoms with Crippen molar-refractivity contribution in [2.45, 2.75) is 63.5 Å². The third-order valence-corrected chi connectivity index (χ3v) is 5.01. The van der Waals surface area contributed by atoms with Gasteiger partial charge in [-0.15, -0.1) is 0 Å². The first-order chi connectivity index (χ1) is 9.42. The number of hydrogen-bond acceptors (Lipinski definition) is 3. The minimum absolute atomic E-state index is 0.583. The summed E-state index contributed by atoms with van der Waals surface area (Å²) in [6.07, 6.45) is 11.5. The van der Waals surface area contributed by atoms with Gasteiger partial charge in [0.25, 0.3) is 0 Å². The van der Waals surface area contributed by atoms with Crippen molar-refractivity contribution in [1.82, 2.24) is 10.2 Å². The molecule has 3 aliphatic rings. The summed E-state index contributed by atoms with van der Waals surface area (Å²) < 4.78 is 5.73. The van der Waals surface area contributed by atoms with E-state index in [9.17, 15) is 0 Å². The molecule has 1 N–H and O–H groups in total. The molecule has 2 heterocycles. The Morgan fingerprint density at radius 1 is 1.05 bits per heavy atom. The van der Waals surface area contributed by atoms with E-state index < -0.39 is 0 Å². The Labute approximate surface area is 118 Å². The van der Waals surface area contributed by atoms with Crippen molar-refractivity contribution in [2.75, 3.05) is 32.8 Å². The number of piperidine rings is 1. The molecule has 0 aromatic heterocycles. The molecule has 110 valence electrons. The van der Waals surface area contributed by atoms with Crippen LogP contribution in [0.4, 0.5) is 0 Å². The van der Waals surface area contributed by atoms with Crippen LogP contribution in [0.5, 0.6) is 0 Å². The molecule has 3 fully saturated rings. The van der Waals surface area contributed by atoms with E-state index in [1.807, 2.05) is 0 Å². The molecule has 3 nitrogen and oxygen atoms in total. The smallest absolute Gasteiger partial charge is 0.0576 e. The summed E-state index contributed by atoms with van der Waals surface area (Å²) in [4.78, 5) is 2.80. The van der Waals surface area contributed by atoms with Crippen LogP contribution in [0.15, 0.2) is 0 Å². The van der Waals surface area contributed by atoms with Gasteiger partial charge < -0.3 is 15.0 Å². The lowest BCUT2D eigenvalue weighted by Crippen LogP contribution is -2.37. The first kappa shape index (κ1) is 13.8. The maximum Gasteiger partial charge on any atom is 0.0576 e. The van der Waals surface area contributed by atoms with Crippen molar-refractivity contribution >= 4 is 0 Å². The highest BCUT2D eigenvalue weighted by Gasteiger charge is 2.30. The summed E-state index contributed by atoms with van der Waals surface area (Å²) in [5, 5.41) is 3.48. The van der Waals surface area contributed by atoms with Gasteiger partial charge >= 0.3 is 0 Å². The molecular formula is C16H30N2O. The van der Waals surface area contributed by atoms with Gasteiger partial charge in [0, 0.05) is 19.2 Å². The monoisotopic (exact) mass is 266 g/mol. The lowest BCUT2D eigenvalue weighted by atomic mass is 9.97. The van der Waals surface area contributed by atoms with E-state index in [1.54, 1.807) is 0 Å². The maximum atomic E-state index is 5.73. The number of nitrogens with one attached hydrogen (secondary N) is 1. The van der Waals surface area contributed by atoms with E-state index in [4.69, 9.17) is 4.74 Å². The normalized spacial score (nSPS) is 29.2. The lowest BCUT2D eigenvalue weighted by Gasteiger charge is -2.30. The second-order valence-electron chi connectivity index (χ2n) is 6.70. The molecule has 2 aliphatic heterocycles. The highest BCUT2D eigenvalue weighted by Crippen LogP contribution is 2.29. The molecule has 0 spiro atoms. The Hall–Kier alpha value is -0.120. The van der Waals surface area contributed by atoms with Gasteiger partial charge in [-0.05, 0) is 76.9 Å². The molecule has 0 aromatic rings. The van der Waals surface area contributed by atoms with Crippen LogP contribution in [0.25, 0.3) is 0 Å². The van der Waals surface area contributed by atoms with Gasteiger partial charge in [0.05, 0.1) is 6.10 Å². The summed E-state index contributed by atoms with van der Waals surface area (Å²) in [6, 6.07) is 0.930. The van der Waals surface area contributed by atoms with Crippen molar-refractivity contribution in [3.63, 3.8) is 0 Å². The van der Waals surface area contributed by atoms with Gasteiger partial charge in [0.1, 0.15) is 0 Å². The van der Waals surface area contributed by atoms with Crippen LogP contribution < -0.4 is 5.32 Å². The van der Waals surface area contributed by atoms with Crippen LogP contribution in [0, 0.1) is 5.92 Å². The minimum atomic E-state index is 0.583. The fourth-order valence-electron chi connectivity index (χ4n) is 3.65. The summed E-state index contributed by atoms with van der Waals surface area (Å²) in [7, 11) is 0. The highest BCUT2D eigenvalue weighted by molar-refractivity contribution is 4.86. The fraction of sp³-hybridized carbons (Fsp3) is 1.00. The Balaban J connectivity index is 1.36. The van der Waals surface area contributed by atoms with Crippen molar-refractivity contribution < 1.29 is 4.74 Å². The van der Waals surface area contributed by atoms with Gasteiger partial charge in [0.15, 0.2) is 0 Å². The van der Waals surface area contributed by atoms with E-state index in [0.717, 1.165) is 18.6 Å². The van der Waals surface area contributed by atoms with Crippen molar-refractivity contribution in [3.8, 4) is 0 Å². The summed E-state index contributed by atoms with van der Waals surface area (Å²) in [5.74, 6) is 0.949. The van der Waals surface area contributed by atoms with Crippen LogP contribution in [0.3, 0.4) is 0 Å². The van der Waals surface area contributed by atoms with E-state index in [-0.39, 0.29) is 0 Å². The molecule has 2 saturated heterocycles. The first-order valence-electron chi connectivity index (χ1n) is 8.48. The molecule has 1 aliphatic carbocycles. The molecule has 0 bridgehead atoms. The first-order valence-corrected chi connectivity index (χ1v) is 8.48. The predicted octanol–water partition coefficient (Wildman–Crippen LogP) is 2.41. The summed E-state index contributed by atoms with van der Waals surface area (Å²) >= 11 is 0. The highest BCUT2D eigenvalue weighted by atomic mass is 16.5. The second kappa shape index (κ2) is 7.05. The van der Waals surface area contributed by atoms with Gasteiger partial charge in [0.2, 0.25) is 0 Å². The van der Waals surface area contributed by atoms with E-state index in [1.165, 1.54) is 77.5 Å². The zero-order chi connectivity index (χ0) is 12.9. The Kier molecular flexibility index (Phi) is 5.14. The Morgan fingerprint density at radius 2 is 1.89 bits per heavy atom. The number of nitrogens with zero attached hydrogens (tertiary/aromatic N) is 1. The molecule has 3 rings (SSSR count). The van der Waals surface area contributed by atoms with Crippen molar-refractivity contribution in [3.05, 3.63) is 0 Å². The zero-order valence-corrected chi connectivity index (χ0v) is 12.3. The topological polar surface area (TPSA) is 24.5 Å². The van der Waals surface area contributed by atoms with Crippen LogP contribution in [-0.4, -0.2) is 49.8 Å². The lowest BCUT2D eigenvalue weighted by molar-refractivity contribution is 0.0966. The minimum Gasteiger partial charge on any atom is -0.378 e. The average molecular weight is 266 g/mol. The molecule has 1 atom stereocenters. The van der Waals surface area contributed by atoms with Crippen LogP contribution in [0.1, 0.15) is 51.4 Å².